The SMILES string of the molecule is C#CCSCCNCc1cc(F)cc(C#N)c1. The Bertz CT molecular complexity index is 446. The molecule has 0 bridgehead atoms. The van der Waals surface area contributed by atoms with Gasteiger partial charge in [-0.15, -0.1) is 18.2 Å². The van der Waals surface area contributed by atoms with Gasteiger partial charge in [-0.3, -0.25) is 0 Å². The van der Waals surface area contributed by atoms with Gasteiger partial charge in [0.05, 0.1) is 17.4 Å². The minimum Gasteiger partial charge on any atom is -0.312 e. The molecule has 0 heterocycles. The highest BCUT2D eigenvalue weighted by Crippen LogP contribution is 2.08. The lowest BCUT2D eigenvalue weighted by molar-refractivity contribution is 0.621. The summed E-state index contributed by atoms with van der Waals surface area (Å²) in [5, 5.41) is 11.9. The number of thioether (sulfide) groups is 1. The number of benzene rings is 1. The molecule has 0 spiro atoms. The van der Waals surface area contributed by atoms with E-state index in [4.69, 9.17) is 11.7 Å². The molecule has 0 saturated heterocycles. The van der Waals surface area contributed by atoms with Gasteiger partial charge in [0, 0.05) is 18.8 Å². The number of nitriles is 1. The van der Waals surface area contributed by atoms with Crippen LogP contribution in [0, 0.1) is 29.5 Å². The Hall–Kier alpha value is -1.49. The Morgan fingerprint density at radius 2 is 2.24 bits per heavy atom. The normalized spacial score (nSPS) is 9.59. The molecular formula is C13H13FN2S. The van der Waals surface area contributed by atoms with E-state index in [1.807, 2.05) is 6.07 Å². The number of terminal acetylenes is 1. The summed E-state index contributed by atoms with van der Waals surface area (Å²) in [6.45, 7) is 1.37. The number of nitrogens with one attached hydrogen (secondary N) is 1. The third kappa shape index (κ3) is 5.40. The van der Waals surface area contributed by atoms with Crippen LogP contribution in [0.5, 0.6) is 0 Å². The Kier molecular flexibility index (Phi) is 6.17. The average molecular weight is 248 g/mol. The van der Waals surface area contributed by atoms with E-state index < -0.39 is 0 Å². The van der Waals surface area contributed by atoms with Crippen LogP contribution in [0.2, 0.25) is 0 Å². The van der Waals surface area contributed by atoms with Crippen LogP contribution in [-0.2, 0) is 6.54 Å². The predicted octanol–water partition coefficient (Wildman–Crippen LogP) is 2.15. The lowest BCUT2D eigenvalue weighted by Crippen LogP contribution is -2.16. The Labute approximate surface area is 105 Å². The van der Waals surface area contributed by atoms with Crippen LogP contribution in [0.1, 0.15) is 11.1 Å². The molecule has 0 aliphatic carbocycles. The fraction of sp³-hybridized carbons (Fsp3) is 0.308. The van der Waals surface area contributed by atoms with E-state index in [1.165, 1.54) is 12.1 Å². The van der Waals surface area contributed by atoms with E-state index >= 15 is 0 Å². The van der Waals surface area contributed by atoms with Crippen molar-refractivity contribution in [1.29, 1.82) is 5.26 Å². The first kappa shape index (κ1) is 13.6. The summed E-state index contributed by atoms with van der Waals surface area (Å²) in [7, 11) is 0. The largest absolute Gasteiger partial charge is 0.312 e. The molecule has 0 aromatic heterocycles. The fourth-order valence-corrected chi connectivity index (χ4v) is 1.88. The van der Waals surface area contributed by atoms with Crippen LogP contribution in [0.25, 0.3) is 0 Å². The minimum absolute atomic E-state index is 0.350. The molecule has 0 atom stereocenters. The van der Waals surface area contributed by atoms with Crippen molar-refractivity contribution in [2.75, 3.05) is 18.1 Å². The number of rotatable bonds is 6. The Morgan fingerprint density at radius 3 is 2.94 bits per heavy atom. The minimum atomic E-state index is -0.373. The second kappa shape index (κ2) is 7.73. The quantitative estimate of drug-likeness (QED) is 0.619. The van der Waals surface area contributed by atoms with Crippen molar-refractivity contribution >= 4 is 11.8 Å². The van der Waals surface area contributed by atoms with E-state index in [0.717, 1.165) is 17.9 Å². The van der Waals surface area contributed by atoms with Gasteiger partial charge in [0.2, 0.25) is 0 Å². The first-order chi connectivity index (χ1) is 8.26. The van der Waals surface area contributed by atoms with E-state index in [0.29, 0.717) is 17.9 Å². The van der Waals surface area contributed by atoms with Gasteiger partial charge in [-0.2, -0.15) is 5.26 Å². The van der Waals surface area contributed by atoms with Gasteiger partial charge in [-0.1, -0.05) is 5.92 Å². The van der Waals surface area contributed by atoms with Crippen LogP contribution in [-0.4, -0.2) is 18.1 Å². The smallest absolute Gasteiger partial charge is 0.124 e. The highest BCUT2D eigenvalue weighted by molar-refractivity contribution is 7.99. The van der Waals surface area contributed by atoms with Gasteiger partial charge in [-0.25, -0.2) is 4.39 Å². The molecule has 0 fully saturated rings. The molecule has 1 rings (SSSR count). The van der Waals surface area contributed by atoms with Crippen LogP contribution in [0.15, 0.2) is 18.2 Å². The van der Waals surface area contributed by atoms with Crippen molar-refractivity contribution < 1.29 is 4.39 Å². The highest BCUT2D eigenvalue weighted by atomic mass is 32.2. The van der Waals surface area contributed by atoms with E-state index in [1.54, 1.807) is 17.8 Å². The van der Waals surface area contributed by atoms with Crippen molar-refractivity contribution in [1.82, 2.24) is 5.32 Å². The number of halogens is 1. The average Bonchev–Trinajstić information content (AvgIpc) is 2.33. The molecule has 17 heavy (non-hydrogen) atoms. The molecule has 0 aliphatic heterocycles. The molecule has 2 nitrogen and oxygen atoms in total. The summed E-state index contributed by atoms with van der Waals surface area (Å²) in [4.78, 5) is 0. The van der Waals surface area contributed by atoms with Crippen LogP contribution < -0.4 is 5.32 Å². The summed E-state index contributed by atoms with van der Waals surface area (Å²) in [5.41, 5.74) is 1.13. The second-order valence-corrected chi connectivity index (χ2v) is 4.50. The van der Waals surface area contributed by atoms with Gasteiger partial charge in [0.1, 0.15) is 5.82 Å². The molecule has 0 radical (unpaired) electrons. The number of hydrogen-bond acceptors (Lipinski definition) is 3. The maximum atomic E-state index is 13.1. The first-order valence-corrected chi connectivity index (χ1v) is 6.33. The zero-order valence-electron chi connectivity index (χ0n) is 9.37. The van der Waals surface area contributed by atoms with Crippen molar-refractivity contribution in [2.45, 2.75) is 6.54 Å². The van der Waals surface area contributed by atoms with Gasteiger partial charge in [0.15, 0.2) is 0 Å². The summed E-state index contributed by atoms with van der Waals surface area (Å²) in [5.74, 6) is 3.81. The van der Waals surface area contributed by atoms with Crippen LogP contribution >= 0.6 is 11.8 Å². The van der Waals surface area contributed by atoms with Gasteiger partial charge in [0.25, 0.3) is 0 Å². The van der Waals surface area contributed by atoms with Gasteiger partial charge >= 0.3 is 0 Å². The van der Waals surface area contributed by atoms with Crippen LogP contribution in [0.4, 0.5) is 4.39 Å². The Morgan fingerprint density at radius 1 is 1.41 bits per heavy atom. The third-order valence-corrected chi connectivity index (χ3v) is 2.89. The molecule has 0 aliphatic rings. The summed E-state index contributed by atoms with van der Waals surface area (Å²) in [6, 6.07) is 6.28. The van der Waals surface area contributed by atoms with Crippen molar-refractivity contribution in [2.24, 2.45) is 0 Å². The van der Waals surface area contributed by atoms with E-state index in [2.05, 4.69) is 11.2 Å². The zero-order chi connectivity index (χ0) is 12.5. The van der Waals surface area contributed by atoms with E-state index in [9.17, 15) is 4.39 Å². The molecule has 1 aromatic rings. The van der Waals surface area contributed by atoms with E-state index in [-0.39, 0.29) is 5.82 Å². The monoisotopic (exact) mass is 248 g/mol. The molecule has 0 unspecified atom stereocenters. The zero-order valence-corrected chi connectivity index (χ0v) is 10.2. The van der Waals surface area contributed by atoms with Gasteiger partial charge < -0.3 is 5.32 Å². The summed E-state index contributed by atoms with van der Waals surface area (Å²) < 4.78 is 13.1. The second-order valence-electron chi connectivity index (χ2n) is 3.39. The molecule has 1 aromatic carbocycles. The van der Waals surface area contributed by atoms with Crippen molar-refractivity contribution in [3.8, 4) is 18.4 Å². The summed E-state index contributed by atoms with van der Waals surface area (Å²) in [6.07, 6.45) is 5.12. The molecule has 0 amide bonds. The first-order valence-electron chi connectivity index (χ1n) is 5.17. The van der Waals surface area contributed by atoms with Crippen LogP contribution in [0.3, 0.4) is 0 Å². The predicted molar refractivity (Wildman–Crippen MR) is 69.0 cm³/mol. The molecule has 0 saturated carbocycles. The van der Waals surface area contributed by atoms with Crippen molar-refractivity contribution in [3.05, 3.63) is 35.1 Å². The lowest BCUT2D eigenvalue weighted by atomic mass is 10.1. The topological polar surface area (TPSA) is 35.8 Å². The maximum Gasteiger partial charge on any atom is 0.124 e. The number of nitrogens with zero attached hydrogens (tertiary/aromatic N) is 1. The molecule has 88 valence electrons. The molecule has 4 heteroatoms. The third-order valence-electron chi connectivity index (χ3n) is 2.02. The Balaban J connectivity index is 2.35. The lowest BCUT2D eigenvalue weighted by Gasteiger charge is -2.04. The summed E-state index contributed by atoms with van der Waals surface area (Å²) >= 11 is 1.67. The van der Waals surface area contributed by atoms with Crippen molar-refractivity contribution in [3.63, 3.8) is 0 Å². The number of hydrogen-bond donors (Lipinski definition) is 1. The maximum absolute atomic E-state index is 13.1. The fourth-order valence-electron chi connectivity index (χ4n) is 1.33. The standard InChI is InChI=1S/C13H13FN2S/c1-2-4-17-5-3-16-10-12-6-11(9-15)7-13(14)8-12/h1,6-8,16H,3-5,10H2. The molecular weight excluding hydrogens is 235 g/mol. The molecule has 1 N–H and O–H groups in total. The van der Waals surface area contributed by atoms with Gasteiger partial charge in [-0.05, 0) is 23.8 Å². The highest BCUT2D eigenvalue weighted by Gasteiger charge is 2.00.